The van der Waals surface area contributed by atoms with Crippen LogP contribution >= 0.6 is 0 Å². The first-order valence-electron chi connectivity index (χ1n) is 10.8. The topological polar surface area (TPSA) is 40.5 Å². The number of ketones is 1. The molecule has 0 atom stereocenters. The van der Waals surface area contributed by atoms with E-state index in [9.17, 15) is 18.0 Å². The van der Waals surface area contributed by atoms with Gasteiger partial charge in [-0.25, -0.2) is 0 Å². The third kappa shape index (κ3) is 6.00. The van der Waals surface area contributed by atoms with Crippen LogP contribution in [-0.2, 0) is 12.8 Å². The molecular formula is C28H22F3NO3. The number of carbonyl (C=O) groups is 1. The molecule has 4 nitrogen and oxygen atoms in total. The standard InChI is InChI=1S/C28H22F3NO3/c1-34-27-13-11-20(16-22(27)19-35-25-9-5-7-23(18-25)28(29,30)31)10-12-26(33)21-6-4-8-24(17-21)32-14-2-3-15-32/h2-18H,19H2,1H3/b12-10+. The number of hydrogen-bond donors (Lipinski definition) is 0. The number of aromatic nitrogens is 1. The molecule has 4 aromatic rings. The maximum Gasteiger partial charge on any atom is 0.416 e. The fourth-order valence-corrected chi connectivity index (χ4v) is 3.53. The predicted octanol–water partition coefficient (Wildman–Crippen LogP) is 6.98. The largest absolute Gasteiger partial charge is 0.496 e. The summed E-state index contributed by atoms with van der Waals surface area (Å²) in [4.78, 5) is 12.7. The molecule has 7 heteroatoms. The lowest BCUT2D eigenvalue weighted by atomic mass is 10.1. The Balaban J connectivity index is 1.49. The molecule has 0 spiro atoms. The second-order valence-electron chi connectivity index (χ2n) is 7.72. The van der Waals surface area contributed by atoms with Crippen LogP contribution in [0.1, 0.15) is 27.0 Å². The molecule has 1 heterocycles. The van der Waals surface area contributed by atoms with Crippen molar-refractivity contribution in [1.29, 1.82) is 0 Å². The van der Waals surface area contributed by atoms with Crippen molar-refractivity contribution < 1.29 is 27.4 Å². The van der Waals surface area contributed by atoms with E-state index >= 15 is 0 Å². The fraction of sp³-hybridized carbons (Fsp3) is 0.107. The van der Waals surface area contributed by atoms with E-state index in [0.717, 1.165) is 23.4 Å². The van der Waals surface area contributed by atoms with Gasteiger partial charge in [0.15, 0.2) is 5.78 Å². The van der Waals surface area contributed by atoms with E-state index in [4.69, 9.17) is 9.47 Å². The minimum absolute atomic E-state index is 0.000967. The van der Waals surface area contributed by atoms with Gasteiger partial charge in [0.05, 0.1) is 12.7 Å². The molecule has 0 aliphatic rings. The highest BCUT2D eigenvalue weighted by molar-refractivity contribution is 6.07. The van der Waals surface area contributed by atoms with Gasteiger partial charge in [0.25, 0.3) is 0 Å². The Labute approximate surface area is 200 Å². The maximum absolute atomic E-state index is 13.0. The molecule has 0 radical (unpaired) electrons. The van der Waals surface area contributed by atoms with Crippen LogP contribution in [0.4, 0.5) is 13.2 Å². The van der Waals surface area contributed by atoms with E-state index in [0.29, 0.717) is 16.9 Å². The van der Waals surface area contributed by atoms with Gasteiger partial charge in [-0.05, 0) is 66.2 Å². The zero-order valence-electron chi connectivity index (χ0n) is 18.8. The molecule has 0 aliphatic heterocycles. The monoisotopic (exact) mass is 477 g/mol. The molecule has 0 fully saturated rings. The number of halogens is 3. The Morgan fingerprint density at radius 3 is 2.46 bits per heavy atom. The van der Waals surface area contributed by atoms with Crippen LogP contribution in [0.3, 0.4) is 0 Å². The average molecular weight is 477 g/mol. The Morgan fingerprint density at radius 2 is 1.71 bits per heavy atom. The number of rotatable bonds is 8. The van der Waals surface area contributed by atoms with Gasteiger partial charge in [-0.1, -0.05) is 30.3 Å². The number of hydrogen-bond acceptors (Lipinski definition) is 3. The van der Waals surface area contributed by atoms with Crippen molar-refractivity contribution in [3.63, 3.8) is 0 Å². The zero-order valence-corrected chi connectivity index (χ0v) is 18.8. The summed E-state index contributed by atoms with van der Waals surface area (Å²) >= 11 is 0. The number of ether oxygens (including phenoxy) is 2. The highest BCUT2D eigenvalue weighted by Gasteiger charge is 2.30. The third-order valence-electron chi connectivity index (χ3n) is 5.32. The van der Waals surface area contributed by atoms with Crippen molar-refractivity contribution in [3.05, 3.63) is 120 Å². The van der Waals surface area contributed by atoms with E-state index in [1.165, 1.54) is 25.3 Å². The first-order valence-corrected chi connectivity index (χ1v) is 10.8. The molecule has 0 saturated carbocycles. The van der Waals surface area contributed by atoms with E-state index in [1.807, 2.05) is 47.3 Å². The second-order valence-corrected chi connectivity index (χ2v) is 7.72. The molecule has 1 aromatic heterocycles. The third-order valence-corrected chi connectivity index (χ3v) is 5.32. The molecular weight excluding hydrogens is 455 g/mol. The molecule has 0 amide bonds. The van der Waals surface area contributed by atoms with Crippen molar-refractivity contribution in [3.8, 4) is 17.2 Å². The van der Waals surface area contributed by atoms with Crippen LogP contribution in [0.2, 0.25) is 0 Å². The Kier molecular flexibility index (Phi) is 7.06. The number of nitrogens with zero attached hydrogens (tertiary/aromatic N) is 1. The van der Waals surface area contributed by atoms with Gasteiger partial charge >= 0.3 is 6.18 Å². The van der Waals surface area contributed by atoms with E-state index in [1.54, 1.807) is 30.3 Å². The predicted molar refractivity (Wildman–Crippen MR) is 128 cm³/mol. The number of alkyl halides is 3. The molecule has 3 aromatic carbocycles. The minimum atomic E-state index is -4.45. The maximum atomic E-state index is 13.0. The number of methoxy groups -OCH3 is 1. The van der Waals surface area contributed by atoms with Crippen LogP contribution in [0, 0.1) is 0 Å². The van der Waals surface area contributed by atoms with Gasteiger partial charge < -0.3 is 14.0 Å². The lowest BCUT2D eigenvalue weighted by Gasteiger charge is -2.13. The summed E-state index contributed by atoms with van der Waals surface area (Å²) in [5.74, 6) is 0.469. The normalized spacial score (nSPS) is 11.5. The number of carbonyl (C=O) groups excluding carboxylic acids is 1. The second kappa shape index (κ2) is 10.3. The van der Waals surface area contributed by atoms with Gasteiger partial charge in [0.2, 0.25) is 0 Å². The van der Waals surface area contributed by atoms with Crippen molar-refractivity contribution in [2.24, 2.45) is 0 Å². The lowest BCUT2D eigenvalue weighted by molar-refractivity contribution is -0.137. The van der Waals surface area contributed by atoms with Crippen LogP contribution in [0.15, 0.2) is 97.3 Å². The highest BCUT2D eigenvalue weighted by Crippen LogP contribution is 2.32. The fourth-order valence-electron chi connectivity index (χ4n) is 3.53. The average Bonchev–Trinajstić information content (AvgIpc) is 3.41. The summed E-state index contributed by atoms with van der Waals surface area (Å²) in [6, 6.07) is 21.1. The van der Waals surface area contributed by atoms with Gasteiger partial charge in [-0.15, -0.1) is 0 Å². The molecule has 35 heavy (non-hydrogen) atoms. The summed E-state index contributed by atoms with van der Waals surface area (Å²) in [7, 11) is 1.50. The molecule has 178 valence electrons. The van der Waals surface area contributed by atoms with E-state index in [2.05, 4.69) is 0 Å². The van der Waals surface area contributed by atoms with Crippen LogP contribution in [0.5, 0.6) is 11.5 Å². The lowest BCUT2D eigenvalue weighted by Crippen LogP contribution is -2.05. The first-order chi connectivity index (χ1) is 16.8. The van der Waals surface area contributed by atoms with Gasteiger partial charge in [0.1, 0.15) is 18.1 Å². The summed E-state index contributed by atoms with van der Waals surface area (Å²) in [6.07, 6.45) is 2.52. The van der Waals surface area contributed by atoms with Gasteiger partial charge in [-0.2, -0.15) is 13.2 Å². The van der Waals surface area contributed by atoms with E-state index in [-0.39, 0.29) is 18.1 Å². The van der Waals surface area contributed by atoms with Crippen molar-refractivity contribution in [1.82, 2.24) is 4.57 Å². The molecule has 4 rings (SSSR count). The summed E-state index contributed by atoms with van der Waals surface area (Å²) in [6.45, 7) is -0.000967. The van der Waals surface area contributed by atoms with Gasteiger partial charge in [0, 0.05) is 29.2 Å². The Bertz CT molecular complexity index is 1340. The number of benzene rings is 3. The summed E-state index contributed by atoms with van der Waals surface area (Å²) in [5, 5.41) is 0. The highest BCUT2D eigenvalue weighted by atomic mass is 19.4. The van der Waals surface area contributed by atoms with E-state index < -0.39 is 11.7 Å². The molecule has 0 saturated heterocycles. The summed E-state index contributed by atoms with van der Waals surface area (Å²) in [5.41, 5.74) is 2.01. The summed E-state index contributed by atoms with van der Waals surface area (Å²) < 4.78 is 51.7. The zero-order chi connectivity index (χ0) is 24.8. The van der Waals surface area contributed by atoms with Crippen molar-refractivity contribution in [2.45, 2.75) is 12.8 Å². The van der Waals surface area contributed by atoms with Crippen LogP contribution < -0.4 is 9.47 Å². The molecule has 0 unspecified atom stereocenters. The van der Waals surface area contributed by atoms with Crippen molar-refractivity contribution >= 4 is 11.9 Å². The first kappa shape index (κ1) is 23.9. The molecule has 0 aliphatic carbocycles. The SMILES string of the molecule is COc1ccc(/C=C/C(=O)c2cccc(-n3cccc3)c2)cc1COc1cccc(C(F)(F)F)c1. The van der Waals surface area contributed by atoms with Crippen molar-refractivity contribution in [2.75, 3.05) is 7.11 Å². The minimum Gasteiger partial charge on any atom is -0.496 e. The Hall–Kier alpha value is -4.26. The smallest absolute Gasteiger partial charge is 0.416 e. The van der Waals surface area contributed by atoms with Gasteiger partial charge in [-0.3, -0.25) is 4.79 Å². The quantitative estimate of drug-likeness (QED) is 0.203. The molecule has 0 N–H and O–H groups in total. The van der Waals surface area contributed by atoms with Crippen LogP contribution in [0.25, 0.3) is 11.8 Å². The Morgan fingerprint density at radius 1 is 0.943 bits per heavy atom. The molecule has 0 bridgehead atoms. The van der Waals surface area contributed by atoms with Crippen LogP contribution in [-0.4, -0.2) is 17.5 Å². The number of allylic oxidation sites excluding steroid dienone is 1.